The number of nitrogens with zero attached hydrogens (tertiary/aromatic N) is 4. The van der Waals surface area contributed by atoms with Gasteiger partial charge in [0.25, 0.3) is 5.56 Å². The standard InChI is InChI=1S/C24H26N4O3S/c1-4-27(5-2)32(30,31)20-12-14-23(29)26(16-20)17-21-24(19-9-7-6-8-10-19)25-22-13-11-18(3)15-28(21)22/h6-16H,4-5,17H2,1-3H3. The molecule has 7 nitrogen and oxygen atoms in total. The van der Waals surface area contributed by atoms with Gasteiger partial charge in [-0.15, -0.1) is 0 Å². The number of benzene rings is 1. The van der Waals surface area contributed by atoms with Crippen molar-refractivity contribution in [1.29, 1.82) is 0 Å². The minimum absolute atomic E-state index is 0.104. The molecule has 166 valence electrons. The summed E-state index contributed by atoms with van der Waals surface area (Å²) in [7, 11) is -3.68. The van der Waals surface area contributed by atoms with Crippen LogP contribution in [0.2, 0.25) is 0 Å². The first-order chi connectivity index (χ1) is 15.3. The van der Waals surface area contributed by atoms with Crippen molar-refractivity contribution in [3.05, 3.63) is 88.6 Å². The number of rotatable bonds is 7. The lowest BCUT2D eigenvalue weighted by Gasteiger charge is -2.19. The number of fused-ring (bicyclic) bond motifs is 1. The van der Waals surface area contributed by atoms with Gasteiger partial charge in [0.15, 0.2) is 0 Å². The van der Waals surface area contributed by atoms with E-state index in [1.165, 1.54) is 27.2 Å². The summed E-state index contributed by atoms with van der Waals surface area (Å²) in [6.07, 6.45) is 3.41. The molecule has 4 aromatic rings. The fraction of sp³-hybridized carbons (Fsp3) is 0.250. The van der Waals surface area contributed by atoms with Crippen molar-refractivity contribution in [2.75, 3.05) is 13.1 Å². The van der Waals surface area contributed by atoms with Crippen LogP contribution in [0.1, 0.15) is 25.1 Å². The monoisotopic (exact) mass is 450 g/mol. The molecule has 0 atom stereocenters. The molecule has 0 aliphatic carbocycles. The molecule has 32 heavy (non-hydrogen) atoms. The fourth-order valence-electron chi connectivity index (χ4n) is 3.84. The molecule has 0 N–H and O–H groups in total. The Morgan fingerprint density at radius 1 is 0.938 bits per heavy atom. The normalized spacial score (nSPS) is 12.0. The zero-order valence-electron chi connectivity index (χ0n) is 18.4. The van der Waals surface area contributed by atoms with E-state index in [4.69, 9.17) is 4.98 Å². The number of hydrogen-bond acceptors (Lipinski definition) is 4. The Morgan fingerprint density at radius 2 is 1.66 bits per heavy atom. The van der Waals surface area contributed by atoms with Gasteiger partial charge < -0.3 is 8.97 Å². The van der Waals surface area contributed by atoms with Crippen LogP contribution in [0.4, 0.5) is 0 Å². The number of aromatic nitrogens is 3. The molecule has 0 saturated heterocycles. The second-order valence-corrected chi connectivity index (χ2v) is 9.57. The van der Waals surface area contributed by atoms with Crippen molar-refractivity contribution in [3.8, 4) is 11.3 Å². The minimum Gasteiger partial charge on any atom is -0.308 e. The quantitative estimate of drug-likeness (QED) is 0.431. The lowest BCUT2D eigenvalue weighted by Crippen LogP contribution is -2.32. The zero-order valence-corrected chi connectivity index (χ0v) is 19.2. The summed E-state index contributed by atoms with van der Waals surface area (Å²) >= 11 is 0. The van der Waals surface area contributed by atoms with Crippen LogP contribution in [0.25, 0.3) is 16.9 Å². The minimum atomic E-state index is -3.68. The molecule has 8 heteroatoms. The van der Waals surface area contributed by atoms with E-state index < -0.39 is 10.0 Å². The van der Waals surface area contributed by atoms with E-state index >= 15 is 0 Å². The predicted octanol–water partition coefficient (Wildman–Crippen LogP) is 3.55. The highest BCUT2D eigenvalue weighted by atomic mass is 32.2. The number of pyridine rings is 2. The summed E-state index contributed by atoms with van der Waals surface area (Å²) in [6, 6.07) is 16.4. The molecule has 0 fully saturated rings. The lowest BCUT2D eigenvalue weighted by atomic mass is 10.1. The lowest BCUT2D eigenvalue weighted by molar-refractivity contribution is 0.444. The van der Waals surface area contributed by atoms with Gasteiger partial charge in [-0.1, -0.05) is 50.2 Å². The van der Waals surface area contributed by atoms with Gasteiger partial charge in [0.05, 0.1) is 22.8 Å². The Balaban J connectivity index is 1.87. The Labute approximate surface area is 187 Å². The number of sulfonamides is 1. The molecule has 3 heterocycles. The molecule has 0 spiro atoms. The molecule has 0 radical (unpaired) electrons. The Hall–Kier alpha value is -3.23. The maximum absolute atomic E-state index is 13.0. The second kappa shape index (κ2) is 8.72. The average molecular weight is 451 g/mol. The number of aryl methyl sites for hydroxylation is 1. The van der Waals surface area contributed by atoms with Gasteiger partial charge in [0, 0.05) is 37.1 Å². The third-order valence-electron chi connectivity index (χ3n) is 5.53. The van der Waals surface area contributed by atoms with Gasteiger partial charge >= 0.3 is 0 Å². The van der Waals surface area contributed by atoms with Crippen LogP contribution < -0.4 is 5.56 Å². The predicted molar refractivity (Wildman–Crippen MR) is 125 cm³/mol. The van der Waals surface area contributed by atoms with Gasteiger partial charge in [0.2, 0.25) is 10.0 Å². The van der Waals surface area contributed by atoms with E-state index in [-0.39, 0.29) is 17.0 Å². The molecule has 0 unspecified atom stereocenters. The summed E-state index contributed by atoms with van der Waals surface area (Å²) in [6.45, 7) is 6.50. The zero-order chi connectivity index (χ0) is 22.9. The summed E-state index contributed by atoms with van der Waals surface area (Å²) in [5.74, 6) is 0. The Morgan fingerprint density at radius 3 is 2.34 bits per heavy atom. The second-order valence-electron chi connectivity index (χ2n) is 7.63. The third kappa shape index (κ3) is 3.99. The topological polar surface area (TPSA) is 76.7 Å². The van der Waals surface area contributed by atoms with Crippen LogP contribution >= 0.6 is 0 Å². The molecule has 0 amide bonds. The van der Waals surface area contributed by atoms with Crippen LogP contribution in [0.15, 0.2) is 76.7 Å². The third-order valence-corrected chi connectivity index (χ3v) is 7.57. The Kier molecular flexibility index (Phi) is 5.99. The highest BCUT2D eigenvalue weighted by Crippen LogP contribution is 2.26. The Bertz CT molecular complexity index is 1420. The van der Waals surface area contributed by atoms with E-state index in [0.29, 0.717) is 13.1 Å². The summed E-state index contributed by atoms with van der Waals surface area (Å²) in [4.78, 5) is 17.6. The van der Waals surface area contributed by atoms with E-state index in [0.717, 1.165) is 28.2 Å². The summed E-state index contributed by atoms with van der Waals surface area (Å²) < 4.78 is 30.8. The van der Waals surface area contributed by atoms with E-state index in [2.05, 4.69) is 0 Å². The van der Waals surface area contributed by atoms with Crippen LogP contribution in [0, 0.1) is 6.92 Å². The van der Waals surface area contributed by atoms with Gasteiger partial charge in [0.1, 0.15) is 5.65 Å². The van der Waals surface area contributed by atoms with Gasteiger partial charge in [-0.25, -0.2) is 13.4 Å². The van der Waals surface area contributed by atoms with Gasteiger partial charge in [-0.3, -0.25) is 4.79 Å². The van der Waals surface area contributed by atoms with Crippen LogP contribution in [-0.2, 0) is 16.6 Å². The van der Waals surface area contributed by atoms with Gasteiger partial charge in [-0.2, -0.15) is 4.31 Å². The first-order valence-electron chi connectivity index (χ1n) is 10.6. The molecule has 1 aromatic carbocycles. The molecule has 0 aliphatic heterocycles. The molecule has 4 rings (SSSR count). The fourth-order valence-corrected chi connectivity index (χ4v) is 5.32. The molecule has 0 bridgehead atoms. The summed E-state index contributed by atoms with van der Waals surface area (Å²) in [5.41, 5.74) is 4.06. The van der Waals surface area contributed by atoms with Crippen molar-refractivity contribution in [1.82, 2.24) is 18.3 Å². The van der Waals surface area contributed by atoms with E-state index in [9.17, 15) is 13.2 Å². The molecule has 0 saturated carbocycles. The smallest absolute Gasteiger partial charge is 0.250 e. The maximum atomic E-state index is 13.0. The summed E-state index contributed by atoms with van der Waals surface area (Å²) in [5, 5.41) is 0. The van der Waals surface area contributed by atoms with E-state index in [1.807, 2.05) is 60.0 Å². The first kappa shape index (κ1) is 22.0. The van der Waals surface area contributed by atoms with Gasteiger partial charge in [-0.05, 0) is 24.6 Å². The highest BCUT2D eigenvalue weighted by molar-refractivity contribution is 7.89. The van der Waals surface area contributed by atoms with E-state index in [1.54, 1.807) is 13.8 Å². The molecule has 0 aliphatic rings. The van der Waals surface area contributed by atoms with Crippen molar-refractivity contribution >= 4 is 15.7 Å². The van der Waals surface area contributed by atoms with Crippen molar-refractivity contribution in [3.63, 3.8) is 0 Å². The van der Waals surface area contributed by atoms with Crippen LogP contribution in [0.5, 0.6) is 0 Å². The number of hydrogen-bond donors (Lipinski definition) is 0. The maximum Gasteiger partial charge on any atom is 0.250 e. The van der Waals surface area contributed by atoms with Crippen LogP contribution in [-0.4, -0.2) is 39.8 Å². The largest absolute Gasteiger partial charge is 0.308 e. The molecular weight excluding hydrogens is 424 g/mol. The van der Waals surface area contributed by atoms with Crippen molar-refractivity contribution in [2.24, 2.45) is 0 Å². The molecular formula is C24H26N4O3S. The molecule has 3 aromatic heterocycles. The van der Waals surface area contributed by atoms with Crippen molar-refractivity contribution < 1.29 is 8.42 Å². The highest BCUT2D eigenvalue weighted by Gasteiger charge is 2.23. The van der Waals surface area contributed by atoms with Crippen molar-refractivity contribution in [2.45, 2.75) is 32.2 Å². The first-order valence-corrected chi connectivity index (χ1v) is 12.0. The average Bonchev–Trinajstić information content (AvgIpc) is 3.14. The SMILES string of the molecule is CCN(CC)S(=O)(=O)c1ccc(=O)n(Cc2c(-c3ccccc3)nc3ccc(C)cn23)c1. The number of imidazole rings is 1. The van der Waals surface area contributed by atoms with Crippen LogP contribution in [0.3, 0.4) is 0 Å².